The van der Waals surface area contributed by atoms with E-state index in [0.29, 0.717) is 30.1 Å². The number of fused-ring (bicyclic) bond motifs is 1. The van der Waals surface area contributed by atoms with Crippen LogP contribution in [-0.4, -0.2) is 46.0 Å². The van der Waals surface area contributed by atoms with Gasteiger partial charge in [0, 0.05) is 24.9 Å². The topological polar surface area (TPSA) is 78.3 Å². The van der Waals surface area contributed by atoms with Gasteiger partial charge < -0.3 is 14.8 Å². The summed E-state index contributed by atoms with van der Waals surface area (Å²) in [6, 6.07) is 25.4. The molecule has 1 amide bonds. The Morgan fingerprint density at radius 3 is 2.48 bits per heavy atom. The predicted octanol–water partition coefficient (Wildman–Crippen LogP) is 6.96. The van der Waals surface area contributed by atoms with Crippen LogP contribution in [0.3, 0.4) is 0 Å². The third kappa shape index (κ3) is 7.55. The van der Waals surface area contributed by atoms with Crippen LogP contribution < -0.4 is 10.1 Å². The molecule has 0 spiro atoms. The normalized spacial score (nSPS) is 12.3. The van der Waals surface area contributed by atoms with Gasteiger partial charge in [0.1, 0.15) is 17.0 Å². The number of hydrogen-bond donors (Lipinski definition) is 1. The smallest absolute Gasteiger partial charge is 0.270 e. The van der Waals surface area contributed by atoms with Crippen LogP contribution in [0.2, 0.25) is 5.02 Å². The Balaban J connectivity index is 1.31. The van der Waals surface area contributed by atoms with E-state index >= 15 is 0 Å². The molecule has 8 heteroatoms. The molecule has 0 unspecified atom stereocenters. The molecule has 0 saturated carbocycles. The molecule has 2 aromatic heterocycles. The summed E-state index contributed by atoms with van der Waals surface area (Å²) >= 11 is 6.71. The van der Waals surface area contributed by atoms with E-state index in [0.717, 1.165) is 33.4 Å². The number of rotatable bonds is 10. The fourth-order valence-corrected chi connectivity index (χ4v) is 5.11. The number of methoxy groups -OCH3 is 1. The lowest BCUT2D eigenvalue weighted by atomic mass is 10.0. The standard InChI is InChI=1S/C34H35ClN4O3/c1-34(2,3)42-28-12-9-23(10-13-28)18-27(22-41-4)37-33(40)32-20-30(35)29-19-26(11-14-31(29)38-32)25-8-5-7-24(17-25)21-39-16-6-15-36-39/h5-17,19-20,27H,18,21-22H2,1-4H3,(H,37,40)/t27-/m0/s1. The third-order valence-corrected chi connectivity index (χ3v) is 7.00. The predicted molar refractivity (Wildman–Crippen MR) is 167 cm³/mol. The van der Waals surface area contributed by atoms with Crippen molar-refractivity contribution in [2.75, 3.05) is 13.7 Å². The summed E-state index contributed by atoms with van der Waals surface area (Å²) in [5.41, 5.74) is 4.94. The van der Waals surface area contributed by atoms with Gasteiger partial charge >= 0.3 is 0 Å². The lowest BCUT2D eigenvalue weighted by Gasteiger charge is -2.22. The summed E-state index contributed by atoms with van der Waals surface area (Å²) < 4.78 is 13.2. The van der Waals surface area contributed by atoms with Crippen molar-refractivity contribution < 1.29 is 14.3 Å². The Morgan fingerprint density at radius 1 is 0.976 bits per heavy atom. The maximum Gasteiger partial charge on any atom is 0.270 e. The van der Waals surface area contributed by atoms with E-state index < -0.39 is 0 Å². The minimum absolute atomic E-state index is 0.246. The number of ether oxygens (including phenoxy) is 2. The highest BCUT2D eigenvalue weighted by Crippen LogP contribution is 2.29. The number of pyridine rings is 1. The molecular weight excluding hydrogens is 548 g/mol. The molecule has 1 N–H and O–H groups in total. The molecule has 216 valence electrons. The first-order valence-electron chi connectivity index (χ1n) is 13.9. The monoisotopic (exact) mass is 582 g/mol. The Bertz CT molecular complexity index is 1660. The Kier molecular flexibility index (Phi) is 8.90. The van der Waals surface area contributed by atoms with Gasteiger partial charge in [-0.15, -0.1) is 0 Å². The zero-order valence-corrected chi connectivity index (χ0v) is 25.1. The maximum atomic E-state index is 13.3. The summed E-state index contributed by atoms with van der Waals surface area (Å²) in [6.07, 6.45) is 4.32. The number of carbonyl (C=O) groups excluding carboxylic acids is 1. The van der Waals surface area contributed by atoms with Gasteiger partial charge in [-0.2, -0.15) is 5.10 Å². The van der Waals surface area contributed by atoms with Gasteiger partial charge in [0.2, 0.25) is 0 Å². The first kappa shape index (κ1) is 29.3. The molecular formula is C34H35ClN4O3. The van der Waals surface area contributed by atoms with Crippen LogP contribution in [0.15, 0.2) is 91.3 Å². The molecule has 2 heterocycles. The quantitative estimate of drug-likeness (QED) is 0.192. The number of nitrogens with one attached hydrogen (secondary N) is 1. The van der Waals surface area contributed by atoms with Crippen molar-refractivity contribution in [1.29, 1.82) is 0 Å². The molecule has 0 saturated heterocycles. The second-order valence-corrected chi connectivity index (χ2v) is 11.7. The van der Waals surface area contributed by atoms with E-state index in [1.165, 1.54) is 0 Å². The summed E-state index contributed by atoms with van der Waals surface area (Å²) in [5, 5.41) is 8.62. The molecule has 1 atom stereocenters. The average Bonchev–Trinajstić information content (AvgIpc) is 3.46. The maximum absolute atomic E-state index is 13.3. The molecule has 5 aromatic rings. The molecule has 0 bridgehead atoms. The van der Waals surface area contributed by atoms with Crippen molar-refractivity contribution in [2.24, 2.45) is 0 Å². The van der Waals surface area contributed by atoms with E-state index in [1.54, 1.807) is 19.4 Å². The average molecular weight is 583 g/mol. The van der Waals surface area contributed by atoms with E-state index in [2.05, 4.69) is 33.6 Å². The Hall–Kier alpha value is -4.20. The van der Waals surface area contributed by atoms with E-state index in [-0.39, 0.29) is 23.2 Å². The van der Waals surface area contributed by atoms with Gasteiger partial charge in [-0.05, 0) is 91.9 Å². The fourth-order valence-electron chi connectivity index (χ4n) is 4.85. The molecule has 0 radical (unpaired) electrons. The van der Waals surface area contributed by atoms with Crippen molar-refractivity contribution in [3.63, 3.8) is 0 Å². The number of halogens is 1. The van der Waals surface area contributed by atoms with Crippen molar-refractivity contribution >= 4 is 28.4 Å². The van der Waals surface area contributed by atoms with E-state index in [1.807, 2.05) is 86.2 Å². The van der Waals surface area contributed by atoms with Gasteiger partial charge in [-0.25, -0.2) is 4.98 Å². The highest BCUT2D eigenvalue weighted by Gasteiger charge is 2.18. The van der Waals surface area contributed by atoms with Gasteiger partial charge in [0.25, 0.3) is 5.91 Å². The highest BCUT2D eigenvalue weighted by molar-refractivity contribution is 6.35. The zero-order chi connectivity index (χ0) is 29.7. The molecule has 0 aliphatic heterocycles. The van der Waals surface area contributed by atoms with Crippen LogP contribution in [0.5, 0.6) is 5.75 Å². The lowest BCUT2D eigenvalue weighted by Crippen LogP contribution is -2.40. The van der Waals surface area contributed by atoms with Gasteiger partial charge in [-0.3, -0.25) is 9.48 Å². The van der Waals surface area contributed by atoms with Crippen LogP contribution in [0.1, 0.15) is 42.4 Å². The minimum atomic E-state index is -0.302. The molecule has 3 aromatic carbocycles. The van der Waals surface area contributed by atoms with Crippen LogP contribution >= 0.6 is 11.6 Å². The zero-order valence-electron chi connectivity index (χ0n) is 24.3. The van der Waals surface area contributed by atoms with Crippen molar-refractivity contribution in [2.45, 2.75) is 45.4 Å². The van der Waals surface area contributed by atoms with Crippen molar-refractivity contribution in [3.8, 4) is 16.9 Å². The minimum Gasteiger partial charge on any atom is -0.488 e. The molecule has 0 aliphatic carbocycles. The first-order chi connectivity index (χ1) is 20.2. The van der Waals surface area contributed by atoms with Gasteiger partial charge in [0.05, 0.1) is 29.7 Å². The molecule has 0 aliphatic rings. The fraction of sp³-hybridized carbons (Fsp3) is 0.265. The Morgan fingerprint density at radius 2 is 1.76 bits per heavy atom. The number of benzene rings is 3. The summed E-state index contributed by atoms with van der Waals surface area (Å²) in [6.45, 7) is 7.09. The number of nitrogens with zero attached hydrogens (tertiary/aromatic N) is 3. The highest BCUT2D eigenvalue weighted by atomic mass is 35.5. The van der Waals surface area contributed by atoms with Crippen LogP contribution in [0.4, 0.5) is 0 Å². The number of carbonyl (C=O) groups is 1. The molecule has 7 nitrogen and oxygen atoms in total. The number of hydrogen-bond acceptors (Lipinski definition) is 5. The number of amides is 1. The van der Waals surface area contributed by atoms with Crippen molar-refractivity contribution in [1.82, 2.24) is 20.1 Å². The van der Waals surface area contributed by atoms with Crippen LogP contribution in [0, 0.1) is 0 Å². The SMILES string of the molecule is COC[C@H](Cc1ccc(OC(C)(C)C)cc1)NC(=O)c1cc(Cl)c2cc(-c3cccc(Cn4cccn4)c3)ccc2n1. The molecule has 5 rings (SSSR count). The van der Waals surface area contributed by atoms with Crippen LogP contribution in [0.25, 0.3) is 22.0 Å². The van der Waals surface area contributed by atoms with E-state index in [9.17, 15) is 4.79 Å². The molecule has 0 fully saturated rings. The number of aromatic nitrogens is 3. The van der Waals surface area contributed by atoms with Crippen LogP contribution in [-0.2, 0) is 17.7 Å². The largest absolute Gasteiger partial charge is 0.488 e. The lowest BCUT2D eigenvalue weighted by molar-refractivity contribution is 0.0892. The Labute approximate surface area is 251 Å². The summed E-state index contributed by atoms with van der Waals surface area (Å²) in [4.78, 5) is 17.9. The first-order valence-corrected chi connectivity index (χ1v) is 14.3. The van der Waals surface area contributed by atoms with Crippen molar-refractivity contribution in [3.05, 3.63) is 113 Å². The second-order valence-electron chi connectivity index (χ2n) is 11.3. The van der Waals surface area contributed by atoms with Gasteiger partial charge in [0.15, 0.2) is 0 Å². The third-order valence-electron chi connectivity index (χ3n) is 6.69. The van der Waals surface area contributed by atoms with E-state index in [4.69, 9.17) is 21.1 Å². The second kappa shape index (κ2) is 12.8. The summed E-state index contributed by atoms with van der Waals surface area (Å²) in [7, 11) is 1.62. The summed E-state index contributed by atoms with van der Waals surface area (Å²) in [5.74, 6) is 0.502. The molecule has 42 heavy (non-hydrogen) atoms. The van der Waals surface area contributed by atoms with Gasteiger partial charge in [-0.1, -0.05) is 48.0 Å².